The standard InChI is InChI=1S/C18H28N4O2/c1-21-7-9-22(10-8-21)13-16-4-2-15(3-5-16)12-20-18(23)17-14-24-11-6-19-17/h2-5,17,19H,6-14H2,1H3,(H,20,23). The average molecular weight is 332 g/mol. The van der Waals surface area contributed by atoms with Crippen molar-refractivity contribution in [2.45, 2.75) is 19.1 Å². The Morgan fingerprint density at radius 1 is 1.21 bits per heavy atom. The lowest BCUT2D eigenvalue weighted by Crippen LogP contribution is -2.51. The first-order valence-corrected chi connectivity index (χ1v) is 8.78. The van der Waals surface area contributed by atoms with Crippen molar-refractivity contribution >= 4 is 5.91 Å². The van der Waals surface area contributed by atoms with Crippen LogP contribution in [0.5, 0.6) is 0 Å². The Bertz CT molecular complexity index is 520. The molecule has 1 aromatic rings. The number of morpholine rings is 1. The molecule has 1 atom stereocenters. The van der Waals surface area contributed by atoms with Crippen LogP contribution in [0.15, 0.2) is 24.3 Å². The van der Waals surface area contributed by atoms with Crippen molar-refractivity contribution in [1.29, 1.82) is 0 Å². The Balaban J connectivity index is 1.43. The number of rotatable bonds is 5. The van der Waals surface area contributed by atoms with E-state index < -0.39 is 0 Å². The second-order valence-corrected chi connectivity index (χ2v) is 6.70. The molecule has 0 aliphatic carbocycles. The van der Waals surface area contributed by atoms with E-state index in [-0.39, 0.29) is 11.9 Å². The van der Waals surface area contributed by atoms with Crippen LogP contribution in [0.25, 0.3) is 0 Å². The second-order valence-electron chi connectivity index (χ2n) is 6.70. The van der Waals surface area contributed by atoms with E-state index in [0.29, 0.717) is 19.8 Å². The molecule has 2 N–H and O–H groups in total. The Labute approximate surface area is 144 Å². The third-order valence-corrected chi connectivity index (χ3v) is 4.73. The predicted molar refractivity (Wildman–Crippen MR) is 93.7 cm³/mol. The number of likely N-dealkylation sites (N-methyl/N-ethyl adjacent to an activating group) is 1. The maximum Gasteiger partial charge on any atom is 0.239 e. The van der Waals surface area contributed by atoms with Gasteiger partial charge in [-0.2, -0.15) is 0 Å². The molecule has 0 aromatic heterocycles. The normalized spacial score (nSPS) is 23.1. The molecule has 0 saturated carbocycles. The molecule has 2 aliphatic rings. The zero-order chi connectivity index (χ0) is 16.8. The van der Waals surface area contributed by atoms with Crippen molar-refractivity contribution in [3.63, 3.8) is 0 Å². The highest BCUT2D eigenvalue weighted by Crippen LogP contribution is 2.10. The second kappa shape index (κ2) is 8.58. The number of hydrogen-bond acceptors (Lipinski definition) is 5. The van der Waals surface area contributed by atoms with E-state index in [1.807, 2.05) is 0 Å². The number of carbonyl (C=O) groups is 1. The van der Waals surface area contributed by atoms with Crippen molar-refractivity contribution in [3.8, 4) is 0 Å². The highest BCUT2D eigenvalue weighted by Gasteiger charge is 2.20. The molecule has 3 rings (SSSR count). The van der Waals surface area contributed by atoms with Crippen LogP contribution >= 0.6 is 0 Å². The van der Waals surface area contributed by atoms with E-state index in [9.17, 15) is 4.79 Å². The summed E-state index contributed by atoms with van der Waals surface area (Å²) in [6.45, 7) is 7.98. The molecule has 0 spiro atoms. The Morgan fingerprint density at radius 2 is 1.92 bits per heavy atom. The number of hydrogen-bond donors (Lipinski definition) is 2. The van der Waals surface area contributed by atoms with E-state index in [1.54, 1.807) is 0 Å². The van der Waals surface area contributed by atoms with Crippen molar-refractivity contribution in [2.75, 3.05) is 53.0 Å². The van der Waals surface area contributed by atoms with Crippen LogP contribution in [0, 0.1) is 0 Å². The van der Waals surface area contributed by atoms with Crippen molar-refractivity contribution in [1.82, 2.24) is 20.4 Å². The fraction of sp³-hybridized carbons (Fsp3) is 0.611. The molecule has 6 nitrogen and oxygen atoms in total. The third kappa shape index (κ3) is 5.01. The summed E-state index contributed by atoms with van der Waals surface area (Å²) in [5, 5.41) is 6.14. The molecular formula is C18H28N4O2. The van der Waals surface area contributed by atoms with E-state index >= 15 is 0 Å². The third-order valence-electron chi connectivity index (χ3n) is 4.73. The molecule has 2 saturated heterocycles. The van der Waals surface area contributed by atoms with Crippen molar-refractivity contribution in [3.05, 3.63) is 35.4 Å². The minimum Gasteiger partial charge on any atom is -0.378 e. The summed E-state index contributed by atoms with van der Waals surface area (Å²) in [5.74, 6) is 0.0104. The maximum atomic E-state index is 12.1. The first kappa shape index (κ1) is 17.4. The van der Waals surface area contributed by atoms with Crippen LogP contribution in [-0.4, -0.2) is 74.7 Å². The van der Waals surface area contributed by atoms with Gasteiger partial charge in [0.25, 0.3) is 0 Å². The smallest absolute Gasteiger partial charge is 0.239 e. The van der Waals surface area contributed by atoms with Gasteiger partial charge in [0.05, 0.1) is 13.2 Å². The largest absolute Gasteiger partial charge is 0.378 e. The van der Waals surface area contributed by atoms with Gasteiger partial charge in [-0.1, -0.05) is 24.3 Å². The van der Waals surface area contributed by atoms with E-state index in [1.165, 1.54) is 5.56 Å². The summed E-state index contributed by atoms with van der Waals surface area (Å²) in [5.41, 5.74) is 2.46. The minimum absolute atomic E-state index is 0.0104. The Hall–Kier alpha value is -1.47. The van der Waals surface area contributed by atoms with Crippen LogP contribution in [0.1, 0.15) is 11.1 Å². The van der Waals surface area contributed by atoms with Gasteiger partial charge in [-0.15, -0.1) is 0 Å². The first-order chi connectivity index (χ1) is 11.7. The van der Waals surface area contributed by atoms with Gasteiger partial charge in [0.1, 0.15) is 6.04 Å². The number of piperazine rings is 1. The molecule has 1 aromatic carbocycles. The summed E-state index contributed by atoms with van der Waals surface area (Å²) in [6, 6.07) is 8.33. The SMILES string of the molecule is CN1CCN(Cc2ccc(CNC(=O)C3COCCN3)cc2)CC1. The number of carbonyl (C=O) groups excluding carboxylic acids is 1. The van der Waals surface area contributed by atoms with Crippen LogP contribution in [0.3, 0.4) is 0 Å². The van der Waals surface area contributed by atoms with Crippen LogP contribution < -0.4 is 10.6 Å². The molecule has 6 heteroatoms. The fourth-order valence-corrected chi connectivity index (χ4v) is 3.07. The monoisotopic (exact) mass is 332 g/mol. The zero-order valence-corrected chi connectivity index (χ0v) is 14.5. The topological polar surface area (TPSA) is 56.8 Å². The highest BCUT2D eigenvalue weighted by atomic mass is 16.5. The van der Waals surface area contributed by atoms with Gasteiger partial charge < -0.3 is 20.3 Å². The number of benzene rings is 1. The molecule has 2 aliphatic heterocycles. The molecule has 1 unspecified atom stereocenters. The molecule has 132 valence electrons. The lowest BCUT2D eigenvalue weighted by atomic mass is 10.1. The average Bonchev–Trinajstić information content (AvgIpc) is 2.63. The van der Waals surface area contributed by atoms with Crippen LogP contribution in [0.2, 0.25) is 0 Å². The lowest BCUT2D eigenvalue weighted by molar-refractivity contribution is -0.126. The highest BCUT2D eigenvalue weighted by molar-refractivity contribution is 5.81. The van der Waals surface area contributed by atoms with E-state index in [4.69, 9.17) is 4.74 Å². The van der Waals surface area contributed by atoms with Crippen LogP contribution in [-0.2, 0) is 22.6 Å². The van der Waals surface area contributed by atoms with Gasteiger partial charge >= 0.3 is 0 Å². The molecule has 0 bridgehead atoms. The van der Waals surface area contributed by atoms with Crippen molar-refractivity contribution in [2.24, 2.45) is 0 Å². The van der Waals surface area contributed by atoms with Crippen molar-refractivity contribution < 1.29 is 9.53 Å². The zero-order valence-electron chi connectivity index (χ0n) is 14.5. The molecule has 24 heavy (non-hydrogen) atoms. The van der Waals surface area contributed by atoms with Crippen LogP contribution in [0.4, 0.5) is 0 Å². The first-order valence-electron chi connectivity index (χ1n) is 8.78. The molecular weight excluding hydrogens is 304 g/mol. The van der Waals surface area contributed by atoms with Gasteiger partial charge in [0.2, 0.25) is 5.91 Å². The van der Waals surface area contributed by atoms with Gasteiger partial charge in [0.15, 0.2) is 0 Å². The van der Waals surface area contributed by atoms with Gasteiger partial charge in [-0.3, -0.25) is 9.69 Å². The molecule has 2 heterocycles. The van der Waals surface area contributed by atoms with Gasteiger partial charge in [-0.05, 0) is 18.2 Å². The van der Waals surface area contributed by atoms with Gasteiger partial charge in [0, 0.05) is 45.8 Å². The summed E-state index contributed by atoms with van der Waals surface area (Å²) >= 11 is 0. The predicted octanol–water partition coefficient (Wildman–Crippen LogP) is 0.0386. The Kier molecular flexibility index (Phi) is 6.20. The number of ether oxygens (including phenoxy) is 1. The summed E-state index contributed by atoms with van der Waals surface area (Å²) in [7, 11) is 2.18. The molecule has 1 amide bonds. The summed E-state index contributed by atoms with van der Waals surface area (Å²) in [4.78, 5) is 16.9. The number of nitrogens with one attached hydrogen (secondary N) is 2. The molecule has 0 radical (unpaired) electrons. The minimum atomic E-state index is -0.227. The van der Waals surface area contributed by atoms with E-state index in [0.717, 1.165) is 44.8 Å². The van der Waals surface area contributed by atoms with Gasteiger partial charge in [-0.25, -0.2) is 0 Å². The molecule has 2 fully saturated rings. The Morgan fingerprint density at radius 3 is 2.58 bits per heavy atom. The summed E-state index contributed by atoms with van der Waals surface area (Å²) < 4.78 is 5.32. The number of nitrogens with zero attached hydrogens (tertiary/aromatic N) is 2. The summed E-state index contributed by atoms with van der Waals surface area (Å²) in [6.07, 6.45) is 0. The quantitative estimate of drug-likeness (QED) is 0.797. The maximum absolute atomic E-state index is 12.1. The van der Waals surface area contributed by atoms with E-state index in [2.05, 4.69) is 51.7 Å². The lowest BCUT2D eigenvalue weighted by Gasteiger charge is -2.32. The fourth-order valence-electron chi connectivity index (χ4n) is 3.07. The number of amides is 1.